The smallest absolute Gasteiger partial charge is 0.317 e. The van der Waals surface area contributed by atoms with Gasteiger partial charge in [0.15, 0.2) is 12.4 Å². The highest BCUT2D eigenvalue weighted by Crippen LogP contribution is 2.14. The average Bonchev–Trinajstić information content (AvgIpc) is 3.05. The van der Waals surface area contributed by atoms with Gasteiger partial charge in [-0.2, -0.15) is 4.98 Å². The largest absolute Gasteiger partial charge is 0.484 e. The highest BCUT2D eigenvalue weighted by atomic mass is 16.5. The van der Waals surface area contributed by atoms with Crippen LogP contribution in [0.4, 0.5) is 4.79 Å². The molecular weight excluding hydrogens is 320 g/mol. The Hall–Kier alpha value is -2.57. The van der Waals surface area contributed by atoms with Crippen LogP contribution in [0.3, 0.4) is 0 Å². The minimum atomic E-state index is -0.0964. The van der Waals surface area contributed by atoms with Gasteiger partial charge in [0.25, 0.3) is 5.89 Å². The van der Waals surface area contributed by atoms with Crippen molar-refractivity contribution in [2.24, 2.45) is 0 Å². The quantitative estimate of drug-likeness (QED) is 0.795. The van der Waals surface area contributed by atoms with Gasteiger partial charge in [-0.15, -0.1) is 0 Å². The molecule has 136 valence electrons. The minimum absolute atomic E-state index is 0.0964. The lowest BCUT2D eigenvalue weighted by molar-refractivity contribution is 0.205. The van der Waals surface area contributed by atoms with Crippen LogP contribution in [0, 0.1) is 6.92 Å². The van der Waals surface area contributed by atoms with Crippen molar-refractivity contribution < 1.29 is 14.1 Å². The maximum Gasteiger partial charge on any atom is 0.317 e. The van der Waals surface area contributed by atoms with E-state index >= 15 is 0 Å². The van der Waals surface area contributed by atoms with Crippen LogP contribution in [0.5, 0.6) is 5.75 Å². The Morgan fingerprint density at radius 2 is 2.24 bits per heavy atom. The van der Waals surface area contributed by atoms with E-state index in [1.54, 1.807) is 11.9 Å². The molecule has 0 unspecified atom stereocenters. The number of hydrogen-bond acceptors (Lipinski definition) is 5. The number of ether oxygens (including phenoxy) is 1. The first-order valence-electron chi connectivity index (χ1n) is 8.50. The van der Waals surface area contributed by atoms with E-state index in [1.807, 2.05) is 45.0 Å². The van der Waals surface area contributed by atoms with E-state index in [-0.39, 0.29) is 18.7 Å². The van der Waals surface area contributed by atoms with E-state index in [2.05, 4.69) is 15.5 Å². The molecule has 1 atom stereocenters. The molecule has 0 radical (unpaired) electrons. The molecule has 0 aliphatic rings. The van der Waals surface area contributed by atoms with Crippen LogP contribution in [0.25, 0.3) is 0 Å². The molecule has 1 heterocycles. The summed E-state index contributed by atoms with van der Waals surface area (Å²) < 4.78 is 10.8. The number of rotatable bonds is 8. The predicted octanol–water partition coefficient (Wildman–Crippen LogP) is 2.94. The number of hydrogen-bond donors (Lipinski definition) is 1. The highest BCUT2D eigenvalue weighted by Gasteiger charge is 2.13. The maximum absolute atomic E-state index is 12.0. The molecule has 2 aromatic rings. The van der Waals surface area contributed by atoms with Crippen LogP contribution < -0.4 is 10.1 Å². The summed E-state index contributed by atoms with van der Waals surface area (Å²) in [6.45, 7) is 6.75. The van der Waals surface area contributed by atoms with Crippen molar-refractivity contribution in [2.45, 2.75) is 46.3 Å². The van der Waals surface area contributed by atoms with Crippen LogP contribution in [-0.2, 0) is 13.0 Å². The standard InChI is InChI=1S/C18H26N4O3/c1-5-14(3)19-18(23)22(4)10-9-16-20-17(25-21-16)12-24-15-8-6-7-13(2)11-15/h6-8,11,14H,5,9-10,12H2,1-4H3,(H,19,23)/t14-/m1/s1. The summed E-state index contributed by atoms with van der Waals surface area (Å²) in [7, 11) is 1.75. The molecule has 2 amide bonds. The Balaban J connectivity index is 1.78. The molecule has 0 spiro atoms. The monoisotopic (exact) mass is 346 g/mol. The lowest BCUT2D eigenvalue weighted by atomic mass is 10.2. The summed E-state index contributed by atoms with van der Waals surface area (Å²) in [4.78, 5) is 17.9. The van der Waals surface area contributed by atoms with E-state index in [1.165, 1.54) is 0 Å². The average molecular weight is 346 g/mol. The van der Waals surface area contributed by atoms with E-state index < -0.39 is 0 Å². The molecule has 0 bridgehead atoms. The molecule has 7 nitrogen and oxygen atoms in total. The van der Waals surface area contributed by atoms with Gasteiger partial charge in [-0.3, -0.25) is 0 Å². The maximum atomic E-state index is 12.0. The SMILES string of the molecule is CC[C@@H](C)NC(=O)N(C)CCc1noc(COc2cccc(C)c2)n1. The van der Waals surface area contributed by atoms with E-state index in [0.29, 0.717) is 24.7 Å². The number of nitrogens with zero attached hydrogens (tertiary/aromatic N) is 3. The predicted molar refractivity (Wildman–Crippen MR) is 94.4 cm³/mol. The van der Waals surface area contributed by atoms with Gasteiger partial charge in [-0.05, 0) is 38.0 Å². The van der Waals surface area contributed by atoms with Gasteiger partial charge in [-0.1, -0.05) is 24.2 Å². The fourth-order valence-corrected chi connectivity index (χ4v) is 2.09. The first-order valence-corrected chi connectivity index (χ1v) is 8.50. The van der Waals surface area contributed by atoms with Gasteiger partial charge >= 0.3 is 6.03 Å². The van der Waals surface area contributed by atoms with Crippen molar-refractivity contribution >= 4 is 6.03 Å². The molecule has 0 aliphatic heterocycles. The Morgan fingerprint density at radius 3 is 2.96 bits per heavy atom. The van der Waals surface area contributed by atoms with Crippen LogP contribution in [0.1, 0.15) is 37.5 Å². The second kappa shape index (κ2) is 9.05. The summed E-state index contributed by atoms with van der Waals surface area (Å²) in [6, 6.07) is 7.83. The molecule has 1 aromatic heterocycles. The van der Waals surface area contributed by atoms with Crippen LogP contribution in [0.15, 0.2) is 28.8 Å². The van der Waals surface area contributed by atoms with Gasteiger partial charge in [0.1, 0.15) is 5.75 Å². The zero-order chi connectivity index (χ0) is 18.2. The minimum Gasteiger partial charge on any atom is -0.484 e. The first kappa shape index (κ1) is 18.8. The fraction of sp³-hybridized carbons (Fsp3) is 0.500. The number of likely N-dealkylation sites (N-methyl/N-ethyl adjacent to an activating group) is 1. The third kappa shape index (κ3) is 6.10. The first-order chi connectivity index (χ1) is 12.0. The molecule has 0 saturated carbocycles. The van der Waals surface area contributed by atoms with Gasteiger partial charge in [-0.25, -0.2) is 4.79 Å². The zero-order valence-corrected chi connectivity index (χ0v) is 15.3. The fourth-order valence-electron chi connectivity index (χ4n) is 2.09. The van der Waals surface area contributed by atoms with Crippen LogP contribution >= 0.6 is 0 Å². The molecule has 1 aromatic carbocycles. The van der Waals surface area contributed by atoms with Crippen molar-refractivity contribution in [1.82, 2.24) is 20.4 Å². The number of urea groups is 1. The lowest BCUT2D eigenvalue weighted by Gasteiger charge is -2.20. The molecular formula is C18H26N4O3. The van der Waals surface area contributed by atoms with Crippen molar-refractivity contribution in [1.29, 1.82) is 0 Å². The third-order valence-electron chi connectivity index (χ3n) is 3.86. The number of nitrogens with one attached hydrogen (secondary N) is 1. The normalized spacial score (nSPS) is 11.8. The second-order valence-electron chi connectivity index (χ2n) is 6.14. The topological polar surface area (TPSA) is 80.5 Å². The summed E-state index contributed by atoms with van der Waals surface area (Å²) in [5, 5.41) is 6.85. The molecule has 0 saturated heterocycles. The Morgan fingerprint density at radius 1 is 1.44 bits per heavy atom. The molecule has 1 N–H and O–H groups in total. The van der Waals surface area contributed by atoms with Crippen LogP contribution in [-0.4, -0.2) is 40.7 Å². The van der Waals surface area contributed by atoms with Crippen molar-refractivity contribution in [3.8, 4) is 5.75 Å². The van der Waals surface area contributed by atoms with Gasteiger partial charge < -0.3 is 19.5 Å². The highest BCUT2D eigenvalue weighted by molar-refractivity contribution is 5.74. The van der Waals surface area contributed by atoms with E-state index in [4.69, 9.17) is 9.26 Å². The van der Waals surface area contributed by atoms with E-state index in [9.17, 15) is 4.79 Å². The Kier molecular flexibility index (Phi) is 6.80. The van der Waals surface area contributed by atoms with Crippen molar-refractivity contribution in [3.63, 3.8) is 0 Å². The van der Waals surface area contributed by atoms with E-state index in [0.717, 1.165) is 17.7 Å². The number of aryl methyl sites for hydroxylation is 1. The summed E-state index contributed by atoms with van der Waals surface area (Å²) >= 11 is 0. The van der Waals surface area contributed by atoms with Gasteiger partial charge in [0, 0.05) is 26.1 Å². The molecule has 0 fully saturated rings. The molecule has 25 heavy (non-hydrogen) atoms. The van der Waals surface area contributed by atoms with Gasteiger partial charge in [0.05, 0.1) is 0 Å². The van der Waals surface area contributed by atoms with Crippen LogP contribution in [0.2, 0.25) is 0 Å². The zero-order valence-electron chi connectivity index (χ0n) is 15.3. The number of amides is 2. The number of benzene rings is 1. The summed E-state index contributed by atoms with van der Waals surface area (Å²) in [6.07, 6.45) is 1.42. The second-order valence-corrected chi connectivity index (χ2v) is 6.14. The Bertz CT molecular complexity index is 686. The Labute approximate surface area is 148 Å². The number of carbonyl (C=O) groups excluding carboxylic acids is 1. The third-order valence-corrected chi connectivity index (χ3v) is 3.86. The van der Waals surface area contributed by atoms with Crippen molar-refractivity contribution in [2.75, 3.05) is 13.6 Å². The molecule has 0 aliphatic carbocycles. The number of carbonyl (C=O) groups is 1. The summed E-state index contributed by atoms with van der Waals surface area (Å²) in [5.41, 5.74) is 1.13. The lowest BCUT2D eigenvalue weighted by Crippen LogP contribution is -2.42. The molecule has 7 heteroatoms. The summed E-state index contributed by atoms with van der Waals surface area (Å²) in [5.74, 6) is 1.75. The van der Waals surface area contributed by atoms with Gasteiger partial charge in [0.2, 0.25) is 0 Å². The van der Waals surface area contributed by atoms with Crippen molar-refractivity contribution in [3.05, 3.63) is 41.5 Å². The molecule has 2 rings (SSSR count). The number of aromatic nitrogens is 2.